The number of hydrogen-bond acceptors (Lipinski definition) is 4. The molecule has 6 heteroatoms. The Morgan fingerprint density at radius 3 is 2.42 bits per heavy atom. The third-order valence-corrected chi connectivity index (χ3v) is 4.42. The normalized spacial score (nSPS) is 11.9. The molecule has 0 bridgehead atoms. The zero-order valence-electron chi connectivity index (χ0n) is 15.8. The highest BCUT2D eigenvalue weighted by Crippen LogP contribution is 2.19. The summed E-state index contributed by atoms with van der Waals surface area (Å²) in [5, 5.41) is 8.32. The molecule has 6 nitrogen and oxygen atoms in total. The van der Waals surface area contributed by atoms with Gasteiger partial charge in [-0.25, -0.2) is 4.98 Å². The molecule has 1 amide bonds. The van der Waals surface area contributed by atoms with Crippen molar-refractivity contribution in [3.05, 3.63) is 23.0 Å². The number of rotatable bonds is 6. The van der Waals surface area contributed by atoms with Crippen molar-refractivity contribution in [3.63, 3.8) is 0 Å². The first-order valence-electron chi connectivity index (χ1n) is 8.57. The van der Waals surface area contributed by atoms with Gasteiger partial charge in [0.1, 0.15) is 0 Å². The lowest BCUT2D eigenvalue weighted by Crippen LogP contribution is -2.42. The number of carbonyl (C=O) groups excluding carboxylic acids is 1. The van der Waals surface area contributed by atoms with Crippen molar-refractivity contribution in [1.29, 1.82) is 0 Å². The summed E-state index contributed by atoms with van der Waals surface area (Å²) in [5.41, 5.74) is 3.05. The molecule has 0 saturated carbocycles. The fourth-order valence-electron chi connectivity index (χ4n) is 3.17. The van der Waals surface area contributed by atoms with Crippen LogP contribution in [-0.4, -0.2) is 50.7 Å². The quantitative estimate of drug-likeness (QED) is 0.883. The summed E-state index contributed by atoms with van der Waals surface area (Å²) in [6, 6.07) is 2.82. The number of nitrogens with one attached hydrogen (secondary N) is 1. The molecule has 0 radical (unpaired) electrons. The van der Waals surface area contributed by atoms with E-state index in [2.05, 4.69) is 48.0 Å². The Morgan fingerprint density at radius 2 is 1.83 bits per heavy atom. The first-order chi connectivity index (χ1) is 11.2. The minimum Gasteiger partial charge on any atom is -0.351 e. The number of aryl methyl sites for hydroxylation is 3. The first-order valence-corrected chi connectivity index (χ1v) is 8.57. The van der Waals surface area contributed by atoms with Crippen molar-refractivity contribution in [2.75, 3.05) is 13.1 Å². The number of aromatic nitrogens is 3. The van der Waals surface area contributed by atoms with Gasteiger partial charge in [-0.3, -0.25) is 14.4 Å². The molecule has 0 unspecified atom stereocenters. The lowest BCUT2D eigenvalue weighted by Gasteiger charge is -2.30. The third-order valence-electron chi connectivity index (χ3n) is 4.42. The highest BCUT2D eigenvalue weighted by atomic mass is 16.1. The second-order valence-corrected chi connectivity index (χ2v) is 6.88. The number of hydrogen-bond donors (Lipinski definition) is 1. The molecule has 0 aliphatic rings. The lowest BCUT2D eigenvalue weighted by molar-refractivity contribution is 0.0938. The van der Waals surface area contributed by atoms with Gasteiger partial charge in [-0.05, 0) is 47.6 Å². The molecule has 0 aromatic carbocycles. The Kier molecular flexibility index (Phi) is 5.59. The van der Waals surface area contributed by atoms with Crippen LogP contribution in [0.4, 0.5) is 0 Å². The average molecular weight is 331 g/mol. The lowest BCUT2D eigenvalue weighted by atomic mass is 10.1. The SMILES string of the molecule is Cc1nc2c(cc1C(=O)NCCN(C(C)C)C(C)C)c(C)nn2C. The van der Waals surface area contributed by atoms with Crippen molar-refractivity contribution in [3.8, 4) is 0 Å². The Hall–Kier alpha value is -1.95. The molecule has 2 aromatic rings. The molecular formula is C18H29N5O. The molecule has 0 spiro atoms. The largest absolute Gasteiger partial charge is 0.351 e. The average Bonchev–Trinajstić information content (AvgIpc) is 2.76. The Labute approximate surface area is 144 Å². The van der Waals surface area contributed by atoms with Crippen LogP contribution in [0, 0.1) is 13.8 Å². The van der Waals surface area contributed by atoms with Crippen LogP contribution in [0.5, 0.6) is 0 Å². The van der Waals surface area contributed by atoms with E-state index in [0.717, 1.165) is 29.0 Å². The molecule has 132 valence electrons. The fourth-order valence-corrected chi connectivity index (χ4v) is 3.17. The molecular weight excluding hydrogens is 302 g/mol. The maximum absolute atomic E-state index is 12.6. The highest BCUT2D eigenvalue weighted by Gasteiger charge is 2.17. The van der Waals surface area contributed by atoms with E-state index in [0.29, 0.717) is 24.2 Å². The summed E-state index contributed by atoms with van der Waals surface area (Å²) in [7, 11) is 1.87. The van der Waals surface area contributed by atoms with Gasteiger partial charge >= 0.3 is 0 Å². The second-order valence-electron chi connectivity index (χ2n) is 6.88. The predicted molar refractivity (Wildman–Crippen MR) is 97.3 cm³/mol. The van der Waals surface area contributed by atoms with Gasteiger partial charge in [-0.1, -0.05) is 0 Å². The van der Waals surface area contributed by atoms with Gasteiger partial charge in [-0.15, -0.1) is 0 Å². The van der Waals surface area contributed by atoms with E-state index >= 15 is 0 Å². The standard InChI is InChI=1S/C18H29N5O/c1-11(2)23(12(3)4)9-8-19-18(24)16-10-15-14(6)21-22(7)17(15)20-13(16)5/h10-12H,8-9H2,1-7H3,(H,19,24). The summed E-state index contributed by atoms with van der Waals surface area (Å²) >= 11 is 0. The molecule has 0 fully saturated rings. The first kappa shape index (κ1) is 18.4. The molecule has 0 aliphatic carbocycles. The van der Waals surface area contributed by atoms with Gasteiger partial charge in [-0.2, -0.15) is 5.10 Å². The summed E-state index contributed by atoms with van der Waals surface area (Å²) in [5.74, 6) is -0.0717. The van der Waals surface area contributed by atoms with Crippen molar-refractivity contribution in [2.24, 2.45) is 7.05 Å². The molecule has 2 heterocycles. The van der Waals surface area contributed by atoms with Crippen LogP contribution in [0.2, 0.25) is 0 Å². The summed E-state index contributed by atoms with van der Waals surface area (Å²) in [4.78, 5) is 19.5. The van der Waals surface area contributed by atoms with E-state index in [9.17, 15) is 4.79 Å². The van der Waals surface area contributed by atoms with Gasteiger partial charge < -0.3 is 5.32 Å². The fraction of sp³-hybridized carbons (Fsp3) is 0.611. The smallest absolute Gasteiger partial charge is 0.253 e. The van der Waals surface area contributed by atoms with Gasteiger partial charge in [0.2, 0.25) is 0 Å². The molecule has 0 aliphatic heterocycles. The zero-order chi connectivity index (χ0) is 18.0. The van der Waals surface area contributed by atoms with Crippen LogP contribution in [0.3, 0.4) is 0 Å². The number of fused-ring (bicyclic) bond motifs is 1. The van der Waals surface area contributed by atoms with Crippen molar-refractivity contribution in [1.82, 2.24) is 25.0 Å². The highest BCUT2D eigenvalue weighted by molar-refractivity contribution is 5.98. The van der Waals surface area contributed by atoms with Crippen LogP contribution in [-0.2, 0) is 7.05 Å². The van der Waals surface area contributed by atoms with E-state index in [-0.39, 0.29) is 5.91 Å². The van der Waals surface area contributed by atoms with Crippen molar-refractivity contribution >= 4 is 16.9 Å². The maximum Gasteiger partial charge on any atom is 0.253 e. The van der Waals surface area contributed by atoms with Crippen LogP contribution >= 0.6 is 0 Å². The minimum absolute atomic E-state index is 0.0717. The summed E-state index contributed by atoms with van der Waals surface area (Å²) < 4.78 is 1.75. The molecule has 24 heavy (non-hydrogen) atoms. The van der Waals surface area contributed by atoms with Crippen LogP contribution < -0.4 is 5.32 Å². The molecule has 2 rings (SSSR count). The molecule has 0 atom stereocenters. The van der Waals surface area contributed by atoms with Crippen LogP contribution in [0.15, 0.2) is 6.07 Å². The Bertz CT molecular complexity index is 725. The van der Waals surface area contributed by atoms with E-state index in [1.807, 2.05) is 27.0 Å². The van der Waals surface area contributed by atoms with Gasteiger partial charge in [0.15, 0.2) is 5.65 Å². The van der Waals surface area contributed by atoms with Gasteiger partial charge in [0.25, 0.3) is 5.91 Å². The number of pyridine rings is 1. The number of amides is 1. The van der Waals surface area contributed by atoms with E-state index in [4.69, 9.17) is 0 Å². The number of nitrogens with zero attached hydrogens (tertiary/aromatic N) is 4. The topological polar surface area (TPSA) is 63.1 Å². The summed E-state index contributed by atoms with van der Waals surface area (Å²) in [6.07, 6.45) is 0. The minimum atomic E-state index is -0.0717. The van der Waals surface area contributed by atoms with Crippen LogP contribution in [0.25, 0.3) is 11.0 Å². The van der Waals surface area contributed by atoms with Crippen molar-refractivity contribution < 1.29 is 4.79 Å². The second kappa shape index (κ2) is 7.30. The zero-order valence-corrected chi connectivity index (χ0v) is 15.8. The van der Waals surface area contributed by atoms with Gasteiger partial charge in [0, 0.05) is 37.6 Å². The van der Waals surface area contributed by atoms with E-state index in [1.165, 1.54) is 0 Å². The van der Waals surface area contributed by atoms with Gasteiger partial charge in [0.05, 0.1) is 17.0 Å². The third kappa shape index (κ3) is 3.75. The van der Waals surface area contributed by atoms with E-state index < -0.39 is 0 Å². The Balaban J connectivity index is 2.11. The molecule has 2 aromatic heterocycles. The Morgan fingerprint density at radius 1 is 1.21 bits per heavy atom. The number of carbonyl (C=O) groups is 1. The monoisotopic (exact) mass is 331 g/mol. The predicted octanol–water partition coefficient (Wildman–Crippen LogP) is 2.43. The van der Waals surface area contributed by atoms with E-state index in [1.54, 1.807) is 4.68 Å². The molecule has 1 N–H and O–H groups in total. The summed E-state index contributed by atoms with van der Waals surface area (Å²) in [6.45, 7) is 14.0. The maximum atomic E-state index is 12.6. The molecule has 0 saturated heterocycles. The van der Waals surface area contributed by atoms with Crippen LogP contribution in [0.1, 0.15) is 49.4 Å². The van der Waals surface area contributed by atoms with Crippen molar-refractivity contribution in [2.45, 2.75) is 53.6 Å².